The Morgan fingerprint density at radius 1 is 0.709 bits per heavy atom. The number of esters is 5. The van der Waals surface area contributed by atoms with Crippen molar-refractivity contribution >= 4 is 66.2 Å². The summed E-state index contributed by atoms with van der Waals surface area (Å²) in [5.41, 5.74) is 47.7. The average molecular weight is 808 g/mol. The Kier molecular flexibility index (Phi) is 25.7. The summed E-state index contributed by atoms with van der Waals surface area (Å²) in [5, 5.41) is 16.5. The molecule has 1 aromatic carbocycles. The number of aliphatic carboxylic acids is 2. The van der Waals surface area contributed by atoms with Crippen molar-refractivity contribution in [3.8, 4) is 5.75 Å². The van der Waals surface area contributed by atoms with Gasteiger partial charge in [0.15, 0.2) is 0 Å². The summed E-state index contributed by atoms with van der Waals surface area (Å²) in [7, 11) is 0. The second kappa shape index (κ2) is 27.3. The van der Waals surface area contributed by atoms with Gasteiger partial charge in [-0.1, -0.05) is 12.1 Å². The van der Waals surface area contributed by atoms with Gasteiger partial charge in [0.25, 0.3) is 0 Å². The Morgan fingerprint density at radius 2 is 1.25 bits per heavy atom. The van der Waals surface area contributed by atoms with Crippen LogP contribution in [0, 0.1) is 0 Å². The molecule has 0 spiro atoms. The molecule has 20 N–H and O–H groups in total. The fraction of sp³-hybridized carbons (Fsp3) is 0.500. The van der Waals surface area contributed by atoms with Crippen LogP contribution in [0.3, 0.4) is 0 Å². The van der Waals surface area contributed by atoms with Crippen molar-refractivity contribution in [1.82, 2.24) is 0 Å². The Bertz CT molecular complexity index is 1470. The molecule has 0 heterocycles. The number of carbonyl (C=O) groups is 9. The molecule has 1 aromatic rings. The molecule has 0 aliphatic rings. The Morgan fingerprint density at radius 3 is 1.71 bits per heavy atom. The zero-order valence-corrected chi connectivity index (χ0v) is 30.5. The quantitative estimate of drug-likeness (QED) is 0.0192. The number of amides is 2. The summed E-state index contributed by atoms with van der Waals surface area (Å²) in [6, 6.07) is -0.709. The molecule has 25 heteroatoms. The van der Waals surface area contributed by atoms with Crippen molar-refractivity contribution < 1.29 is 72.3 Å². The maximum Gasteiger partial charge on any atom is 0.334 e. The first-order chi connectivity index (χ1) is 25.5. The highest BCUT2D eigenvalue weighted by Gasteiger charge is 2.29. The van der Waals surface area contributed by atoms with Gasteiger partial charge in [-0.15, -0.1) is 0 Å². The molecule has 0 saturated carbocycles. The van der Waals surface area contributed by atoms with Crippen molar-refractivity contribution in [2.75, 3.05) is 18.9 Å². The van der Waals surface area contributed by atoms with E-state index in [0.717, 1.165) is 0 Å². The number of carbonyl (C=O) groups excluding carboxylic acids is 7. The summed E-state index contributed by atoms with van der Waals surface area (Å²) >= 11 is 3.77. The largest absolute Gasteiger partial charge is 0.480 e. The molecule has 2 amide bonds. The minimum absolute atomic E-state index is 0.0213. The van der Waals surface area contributed by atoms with Crippen LogP contribution in [-0.4, -0.2) is 125 Å². The lowest BCUT2D eigenvalue weighted by molar-refractivity contribution is -0.164. The third kappa shape index (κ3) is 23.9. The SMILES string of the molecule is C[C@@H](OC(=O)[C@@H](N)Cc1ccc(OC(=O)[C@@H](N)CC(N)=O)cc1)[C@H](N)C(=O)OC(=O)CN.NC(=O)CC[C@H](N)C(=O)O.N[C@@H](COC(=O)[C@@H](N)CS)C(=O)O. The van der Waals surface area contributed by atoms with E-state index in [4.69, 9.17) is 71.3 Å². The second-order valence-corrected chi connectivity index (χ2v) is 11.5. The molecule has 0 fully saturated rings. The number of benzene rings is 1. The van der Waals surface area contributed by atoms with Gasteiger partial charge in [0.05, 0.1) is 13.0 Å². The molecule has 0 aromatic heterocycles. The average Bonchev–Trinajstić information content (AvgIpc) is 3.12. The molecular weight excluding hydrogens is 758 g/mol. The fourth-order valence-corrected chi connectivity index (χ4v) is 3.28. The normalized spacial score (nSPS) is 14.1. The number of ether oxygens (including phenoxy) is 4. The van der Waals surface area contributed by atoms with Crippen LogP contribution in [0.1, 0.15) is 31.7 Å². The third-order valence-corrected chi connectivity index (χ3v) is 6.72. The van der Waals surface area contributed by atoms with Crippen LogP contribution >= 0.6 is 12.6 Å². The lowest BCUT2D eigenvalue weighted by Gasteiger charge is -2.20. The number of hydrogen-bond donors (Lipinski definition) is 12. The summed E-state index contributed by atoms with van der Waals surface area (Å²) in [5.74, 6) is -7.72. The summed E-state index contributed by atoms with van der Waals surface area (Å²) in [6.07, 6.45) is -1.28. The number of hydrogen-bond acceptors (Lipinski definition) is 21. The smallest absolute Gasteiger partial charge is 0.334 e. The molecule has 7 atom stereocenters. The van der Waals surface area contributed by atoms with E-state index in [1.807, 2.05) is 0 Å². The van der Waals surface area contributed by atoms with Gasteiger partial charge < -0.3 is 80.8 Å². The van der Waals surface area contributed by atoms with Crippen LogP contribution < -0.4 is 56.3 Å². The first-order valence-electron chi connectivity index (χ1n) is 15.8. The topological polar surface area (TPSA) is 465 Å². The molecule has 0 saturated heterocycles. The second-order valence-electron chi connectivity index (χ2n) is 11.1. The Labute approximate surface area is 319 Å². The molecule has 0 bridgehead atoms. The number of carboxylic acid groups (broad SMARTS) is 2. The van der Waals surface area contributed by atoms with Crippen molar-refractivity contribution in [2.45, 2.75) is 75.0 Å². The number of nitrogens with two attached hydrogens (primary N) is 9. The lowest BCUT2D eigenvalue weighted by atomic mass is 10.1. The maximum atomic E-state index is 12.2. The van der Waals surface area contributed by atoms with Gasteiger partial charge in [0.1, 0.15) is 54.7 Å². The van der Waals surface area contributed by atoms with Crippen LogP contribution in [0.2, 0.25) is 0 Å². The van der Waals surface area contributed by atoms with Crippen molar-refractivity contribution in [3.63, 3.8) is 0 Å². The van der Waals surface area contributed by atoms with Crippen LogP contribution in [0.4, 0.5) is 0 Å². The van der Waals surface area contributed by atoms with Gasteiger partial charge in [-0.25, -0.2) is 9.59 Å². The van der Waals surface area contributed by atoms with E-state index in [9.17, 15) is 43.2 Å². The number of primary amides is 2. The summed E-state index contributed by atoms with van der Waals surface area (Å²) < 4.78 is 19.0. The minimum Gasteiger partial charge on any atom is -0.480 e. The summed E-state index contributed by atoms with van der Waals surface area (Å²) in [6.45, 7) is 0.459. The minimum atomic E-state index is -1.41. The molecule has 55 heavy (non-hydrogen) atoms. The first kappa shape index (κ1) is 51.8. The number of rotatable bonds is 20. The van der Waals surface area contributed by atoms with E-state index in [1.165, 1.54) is 19.1 Å². The molecule has 0 radical (unpaired) electrons. The van der Waals surface area contributed by atoms with E-state index < -0.39 is 102 Å². The standard InChI is InChI=1S/C19H27N5O8.C6H12N2O4S.C5H10N2O3/c1-9(16(24)19(29)32-15(26)8-20)30-17(27)12(21)6-10-2-4-11(5-3-10)31-18(28)13(22)7-14(23)25;7-3(5(9)10)1-12-6(11)4(8)2-13;6-3(5(9)10)1-2-4(7)8/h2-5,9,12-13,16H,6-8,20-22,24H2,1H3,(H2,23,25);3-4,13H,1-2,7-8H2,(H,9,10);3H,1-2,6H2,(H2,7,8)(H,9,10)/t9-,12+,13+,16+;3-,4-;3-/m100/s1. The molecular formula is C30H49N9O15S. The van der Waals surface area contributed by atoms with Crippen LogP contribution in [0.25, 0.3) is 0 Å². The van der Waals surface area contributed by atoms with Gasteiger partial charge in [0, 0.05) is 12.2 Å². The highest BCUT2D eigenvalue weighted by atomic mass is 32.1. The molecule has 24 nitrogen and oxygen atoms in total. The van der Waals surface area contributed by atoms with Gasteiger partial charge in [-0.3, -0.25) is 33.6 Å². The van der Waals surface area contributed by atoms with E-state index in [0.29, 0.717) is 5.56 Å². The van der Waals surface area contributed by atoms with Crippen LogP contribution in [-0.2, 0) is 63.8 Å². The Hall–Kier alpha value is -5.28. The van der Waals surface area contributed by atoms with E-state index >= 15 is 0 Å². The first-order valence-corrected chi connectivity index (χ1v) is 16.4. The lowest BCUT2D eigenvalue weighted by Crippen LogP contribution is -2.47. The highest BCUT2D eigenvalue weighted by molar-refractivity contribution is 7.80. The molecule has 1 rings (SSSR count). The highest BCUT2D eigenvalue weighted by Crippen LogP contribution is 2.15. The number of carboxylic acids is 2. The van der Waals surface area contributed by atoms with Crippen LogP contribution in [0.5, 0.6) is 5.75 Å². The van der Waals surface area contributed by atoms with Crippen molar-refractivity contribution in [2.24, 2.45) is 51.6 Å². The molecule has 0 aliphatic carbocycles. The van der Waals surface area contributed by atoms with Gasteiger partial charge in [-0.2, -0.15) is 12.6 Å². The van der Waals surface area contributed by atoms with Crippen molar-refractivity contribution in [3.05, 3.63) is 29.8 Å². The van der Waals surface area contributed by atoms with E-state index in [-0.39, 0.29) is 43.8 Å². The number of thiol groups is 1. The van der Waals surface area contributed by atoms with Gasteiger partial charge >= 0.3 is 41.8 Å². The predicted octanol–water partition coefficient (Wildman–Crippen LogP) is -6.19. The van der Waals surface area contributed by atoms with E-state index in [1.54, 1.807) is 12.1 Å². The fourth-order valence-electron chi connectivity index (χ4n) is 3.13. The van der Waals surface area contributed by atoms with Gasteiger partial charge in [-0.05, 0) is 37.5 Å². The zero-order valence-electron chi connectivity index (χ0n) is 29.6. The van der Waals surface area contributed by atoms with Gasteiger partial charge in [0.2, 0.25) is 11.8 Å². The van der Waals surface area contributed by atoms with Crippen molar-refractivity contribution in [1.29, 1.82) is 0 Å². The molecule has 310 valence electrons. The van der Waals surface area contributed by atoms with Crippen LogP contribution in [0.15, 0.2) is 24.3 Å². The third-order valence-electron chi connectivity index (χ3n) is 6.33. The van der Waals surface area contributed by atoms with E-state index in [2.05, 4.69) is 22.1 Å². The summed E-state index contributed by atoms with van der Waals surface area (Å²) in [4.78, 5) is 98.7. The predicted molar refractivity (Wildman–Crippen MR) is 192 cm³/mol. The maximum absolute atomic E-state index is 12.2. The molecule has 0 aliphatic heterocycles. The monoisotopic (exact) mass is 807 g/mol. The zero-order chi connectivity index (χ0) is 43.0. The molecule has 0 unspecified atom stereocenters. The Balaban J connectivity index is 0.